The average Bonchev–Trinajstić information content (AvgIpc) is 3.29. The van der Waals surface area contributed by atoms with Gasteiger partial charge in [-0.15, -0.1) is 0 Å². The fraction of sp³-hybridized carbons (Fsp3) is 0.304. The van der Waals surface area contributed by atoms with Crippen molar-refractivity contribution < 1.29 is 13.9 Å². The molecule has 29 heavy (non-hydrogen) atoms. The zero-order valence-electron chi connectivity index (χ0n) is 16.7. The molecule has 3 aromatic rings. The number of likely N-dealkylation sites (tertiary alicyclic amines) is 1. The van der Waals surface area contributed by atoms with E-state index < -0.39 is 0 Å². The summed E-state index contributed by atoms with van der Waals surface area (Å²) in [5.74, 6) is 2.96. The molecule has 1 aromatic heterocycles. The number of nitrogens with zero attached hydrogens (tertiary/aromatic N) is 2. The Kier molecular flexibility index (Phi) is 5.62. The lowest BCUT2D eigenvalue weighted by atomic mass is 10.2. The summed E-state index contributed by atoms with van der Waals surface area (Å²) in [5.41, 5.74) is 1.81. The van der Waals surface area contributed by atoms with Gasteiger partial charge in [0.15, 0.2) is 0 Å². The molecule has 1 saturated heterocycles. The summed E-state index contributed by atoms with van der Waals surface area (Å²) in [7, 11) is 0. The van der Waals surface area contributed by atoms with Gasteiger partial charge in [0.1, 0.15) is 17.3 Å². The van der Waals surface area contributed by atoms with Crippen LogP contribution in [0.3, 0.4) is 0 Å². The summed E-state index contributed by atoms with van der Waals surface area (Å²) in [5, 5.41) is 2.99. The Balaban J connectivity index is 1.45. The van der Waals surface area contributed by atoms with E-state index in [0.29, 0.717) is 12.4 Å². The van der Waals surface area contributed by atoms with Crippen LogP contribution >= 0.6 is 0 Å². The van der Waals surface area contributed by atoms with Gasteiger partial charge in [-0.2, -0.15) is 0 Å². The Morgan fingerprint density at radius 3 is 2.79 bits per heavy atom. The lowest BCUT2D eigenvalue weighted by Gasteiger charge is -2.15. The number of ether oxygens (including phenoxy) is 1. The largest absolute Gasteiger partial charge is 0.457 e. The minimum Gasteiger partial charge on any atom is -0.457 e. The predicted octanol–water partition coefficient (Wildman–Crippen LogP) is 4.15. The van der Waals surface area contributed by atoms with E-state index in [2.05, 4.69) is 10.2 Å². The monoisotopic (exact) mass is 391 g/mol. The number of benzene rings is 2. The summed E-state index contributed by atoms with van der Waals surface area (Å²) < 4.78 is 11.9. The van der Waals surface area contributed by atoms with E-state index in [0.717, 1.165) is 48.0 Å². The standard InChI is InChI=1S/C23H25N3O3/c1-16-22(15-26-12-11-19(14-26)24-17(2)27)25-23(28-16)18-7-6-10-21(13-18)29-20-8-4-3-5-9-20/h3-10,13,19H,11-12,14-15H2,1-2H3,(H,24,27). The average molecular weight is 391 g/mol. The van der Waals surface area contributed by atoms with Crippen LogP contribution in [0.25, 0.3) is 11.5 Å². The Morgan fingerprint density at radius 1 is 1.21 bits per heavy atom. The zero-order valence-corrected chi connectivity index (χ0v) is 16.7. The van der Waals surface area contributed by atoms with Crippen molar-refractivity contribution in [2.45, 2.75) is 32.9 Å². The zero-order chi connectivity index (χ0) is 20.2. The van der Waals surface area contributed by atoms with Gasteiger partial charge in [0.25, 0.3) is 0 Å². The van der Waals surface area contributed by atoms with Gasteiger partial charge in [0.05, 0.1) is 5.69 Å². The second-order valence-corrected chi connectivity index (χ2v) is 7.39. The third-order valence-corrected chi connectivity index (χ3v) is 5.01. The molecule has 0 aliphatic carbocycles. The van der Waals surface area contributed by atoms with Crippen LogP contribution < -0.4 is 10.1 Å². The lowest BCUT2D eigenvalue weighted by molar-refractivity contribution is -0.119. The highest BCUT2D eigenvalue weighted by Crippen LogP contribution is 2.28. The highest BCUT2D eigenvalue weighted by atomic mass is 16.5. The van der Waals surface area contributed by atoms with Crippen LogP contribution in [0, 0.1) is 6.92 Å². The van der Waals surface area contributed by atoms with Crippen LogP contribution in [0.2, 0.25) is 0 Å². The minimum absolute atomic E-state index is 0.0226. The van der Waals surface area contributed by atoms with E-state index in [1.54, 1.807) is 6.92 Å². The number of para-hydroxylation sites is 1. The van der Waals surface area contributed by atoms with E-state index >= 15 is 0 Å². The first-order chi connectivity index (χ1) is 14.1. The number of oxazole rings is 1. The van der Waals surface area contributed by atoms with E-state index in [1.807, 2.05) is 61.5 Å². The molecule has 1 aliphatic rings. The summed E-state index contributed by atoms with van der Waals surface area (Å²) in [6, 6.07) is 17.7. The first-order valence-corrected chi connectivity index (χ1v) is 9.86. The summed E-state index contributed by atoms with van der Waals surface area (Å²) in [6.45, 7) is 5.99. The molecule has 1 fully saturated rings. The van der Waals surface area contributed by atoms with Crippen LogP contribution in [0.1, 0.15) is 24.8 Å². The van der Waals surface area contributed by atoms with E-state index in [1.165, 1.54) is 0 Å². The van der Waals surface area contributed by atoms with Gasteiger partial charge >= 0.3 is 0 Å². The SMILES string of the molecule is CC(=O)NC1CCN(Cc2nc(-c3cccc(Oc4ccccc4)c3)oc2C)C1. The van der Waals surface area contributed by atoms with Crippen LogP contribution in [0.4, 0.5) is 0 Å². The fourth-order valence-corrected chi connectivity index (χ4v) is 3.61. The second-order valence-electron chi connectivity index (χ2n) is 7.39. The van der Waals surface area contributed by atoms with Crippen LogP contribution in [0.15, 0.2) is 59.0 Å². The molecule has 2 heterocycles. The van der Waals surface area contributed by atoms with Crippen molar-refractivity contribution in [3.8, 4) is 23.0 Å². The number of aromatic nitrogens is 1. The van der Waals surface area contributed by atoms with Gasteiger partial charge < -0.3 is 14.5 Å². The number of rotatable bonds is 6. The maximum absolute atomic E-state index is 11.3. The molecular formula is C23H25N3O3. The van der Waals surface area contributed by atoms with Gasteiger partial charge in [-0.05, 0) is 43.7 Å². The Labute approximate surface area is 170 Å². The van der Waals surface area contributed by atoms with Crippen molar-refractivity contribution in [1.29, 1.82) is 0 Å². The normalized spacial score (nSPS) is 16.7. The molecule has 0 radical (unpaired) electrons. The molecule has 6 heteroatoms. The van der Waals surface area contributed by atoms with E-state index in [9.17, 15) is 4.79 Å². The smallest absolute Gasteiger partial charge is 0.226 e. The maximum Gasteiger partial charge on any atom is 0.226 e. The first-order valence-electron chi connectivity index (χ1n) is 9.86. The molecule has 0 bridgehead atoms. The third-order valence-electron chi connectivity index (χ3n) is 5.01. The molecule has 150 valence electrons. The molecule has 1 N–H and O–H groups in total. The number of carbonyl (C=O) groups excluding carboxylic acids is 1. The molecule has 1 amide bonds. The Morgan fingerprint density at radius 2 is 2.00 bits per heavy atom. The number of nitrogens with one attached hydrogen (secondary N) is 1. The van der Waals surface area contributed by atoms with Crippen molar-refractivity contribution >= 4 is 5.91 Å². The molecule has 1 aliphatic heterocycles. The van der Waals surface area contributed by atoms with E-state index in [-0.39, 0.29) is 11.9 Å². The first kappa shape index (κ1) is 19.2. The highest BCUT2D eigenvalue weighted by Gasteiger charge is 2.24. The second kappa shape index (κ2) is 8.49. The van der Waals surface area contributed by atoms with Gasteiger partial charge in [-0.3, -0.25) is 9.69 Å². The number of amides is 1. The molecule has 0 spiro atoms. The van der Waals surface area contributed by atoms with Crippen molar-refractivity contribution in [1.82, 2.24) is 15.2 Å². The molecule has 1 unspecified atom stereocenters. The molecule has 0 saturated carbocycles. The molecule has 1 atom stereocenters. The molecule has 6 nitrogen and oxygen atoms in total. The highest BCUT2D eigenvalue weighted by molar-refractivity contribution is 5.73. The fourth-order valence-electron chi connectivity index (χ4n) is 3.61. The molecular weight excluding hydrogens is 366 g/mol. The van der Waals surface area contributed by atoms with Crippen molar-refractivity contribution in [2.75, 3.05) is 13.1 Å². The number of hydrogen-bond donors (Lipinski definition) is 1. The van der Waals surface area contributed by atoms with Crippen molar-refractivity contribution in [3.05, 3.63) is 66.1 Å². The van der Waals surface area contributed by atoms with Crippen molar-refractivity contribution in [3.63, 3.8) is 0 Å². The number of carbonyl (C=O) groups is 1. The number of aryl methyl sites for hydroxylation is 1. The van der Waals surface area contributed by atoms with Gasteiger partial charge in [-0.1, -0.05) is 24.3 Å². The van der Waals surface area contributed by atoms with Crippen LogP contribution in [0.5, 0.6) is 11.5 Å². The minimum atomic E-state index is 0.0226. The maximum atomic E-state index is 11.3. The molecule has 2 aromatic carbocycles. The predicted molar refractivity (Wildman–Crippen MR) is 111 cm³/mol. The molecule has 4 rings (SSSR count). The quantitative estimate of drug-likeness (QED) is 0.684. The summed E-state index contributed by atoms with van der Waals surface area (Å²) in [4.78, 5) is 18.3. The summed E-state index contributed by atoms with van der Waals surface area (Å²) in [6.07, 6.45) is 0.961. The third kappa shape index (κ3) is 4.84. The van der Waals surface area contributed by atoms with Gasteiger partial charge in [0, 0.05) is 38.2 Å². The summed E-state index contributed by atoms with van der Waals surface area (Å²) >= 11 is 0. The van der Waals surface area contributed by atoms with Crippen LogP contribution in [-0.4, -0.2) is 34.9 Å². The Bertz CT molecular complexity index is 984. The Hall–Kier alpha value is -3.12. The van der Waals surface area contributed by atoms with Crippen LogP contribution in [-0.2, 0) is 11.3 Å². The number of hydrogen-bond acceptors (Lipinski definition) is 5. The lowest BCUT2D eigenvalue weighted by Crippen LogP contribution is -2.35. The van der Waals surface area contributed by atoms with Gasteiger partial charge in [0.2, 0.25) is 11.8 Å². The topological polar surface area (TPSA) is 67.6 Å². The van der Waals surface area contributed by atoms with Gasteiger partial charge in [-0.25, -0.2) is 4.98 Å². The van der Waals surface area contributed by atoms with E-state index in [4.69, 9.17) is 14.1 Å². The van der Waals surface area contributed by atoms with Crippen molar-refractivity contribution in [2.24, 2.45) is 0 Å².